The van der Waals surface area contributed by atoms with E-state index in [0.717, 1.165) is 6.42 Å². The summed E-state index contributed by atoms with van der Waals surface area (Å²) in [5.74, 6) is -0.627. The Balaban J connectivity index is 1.81. The normalized spacial score (nSPS) is 10.8. The molecule has 1 aromatic heterocycles. The number of amides is 1. The molecule has 0 spiro atoms. The molecule has 0 fully saturated rings. The summed E-state index contributed by atoms with van der Waals surface area (Å²) in [5, 5.41) is 5.29. The standard InChI is InChI=1S/C21H22FN3O3/c1-3-12-25-20(26)16-9-5-4-8-15(16)19(23-25)21(27)24(2)13-14-28-18-11-7-6-10-17(18)22/h4-11H,3,12-14H2,1-2H3. The number of carbonyl (C=O) groups excluding carboxylic acids is 1. The minimum absolute atomic E-state index is 0.135. The third-order valence-corrected chi connectivity index (χ3v) is 4.37. The van der Waals surface area contributed by atoms with Gasteiger partial charge < -0.3 is 9.64 Å². The van der Waals surface area contributed by atoms with Gasteiger partial charge in [-0.3, -0.25) is 9.59 Å². The van der Waals surface area contributed by atoms with Gasteiger partial charge in [0, 0.05) is 19.0 Å². The lowest BCUT2D eigenvalue weighted by atomic mass is 10.1. The Hall–Kier alpha value is -3.22. The van der Waals surface area contributed by atoms with E-state index in [2.05, 4.69) is 5.10 Å². The summed E-state index contributed by atoms with van der Waals surface area (Å²) in [6.07, 6.45) is 0.727. The lowest BCUT2D eigenvalue weighted by Gasteiger charge is -2.19. The summed E-state index contributed by atoms with van der Waals surface area (Å²) in [5.41, 5.74) is 0.0107. The van der Waals surface area contributed by atoms with Crippen molar-refractivity contribution >= 4 is 16.7 Å². The number of aryl methyl sites for hydroxylation is 1. The van der Waals surface area contributed by atoms with Crippen LogP contribution in [0, 0.1) is 5.82 Å². The van der Waals surface area contributed by atoms with E-state index in [0.29, 0.717) is 17.3 Å². The van der Waals surface area contributed by atoms with E-state index >= 15 is 0 Å². The molecule has 0 aliphatic heterocycles. The van der Waals surface area contributed by atoms with Crippen molar-refractivity contribution in [1.82, 2.24) is 14.7 Å². The second kappa shape index (κ2) is 8.65. The first-order valence-electron chi connectivity index (χ1n) is 9.15. The molecule has 0 radical (unpaired) electrons. The molecule has 0 aliphatic carbocycles. The number of nitrogens with zero attached hydrogens (tertiary/aromatic N) is 3. The number of carbonyl (C=O) groups is 1. The second-order valence-corrected chi connectivity index (χ2v) is 6.43. The quantitative estimate of drug-likeness (QED) is 0.629. The van der Waals surface area contributed by atoms with Crippen molar-refractivity contribution in [3.8, 4) is 5.75 Å². The van der Waals surface area contributed by atoms with Crippen molar-refractivity contribution in [3.05, 3.63) is 70.4 Å². The minimum atomic E-state index is -0.448. The van der Waals surface area contributed by atoms with Gasteiger partial charge in [0.1, 0.15) is 6.61 Å². The molecular weight excluding hydrogens is 361 g/mol. The molecule has 0 saturated heterocycles. The Morgan fingerprint density at radius 1 is 1.14 bits per heavy atom. The van der Waals surface area contributed by atoms with E-state index in [1.54, 1.807) is 43.4 Å². The lowest BCUT2D eigenvalue weighted by molar-refractivity contribution is 0.0766. The highest BCUT2D eigenvalue weighted by Gasteiger charge is 2.19. The van der Waals surface area contributed by atoms with Gasteiger partial charge >= 0.3 is 0 Å². The first-order chi connectivity index (χ1) is 13.5. The topological polar surface area (TPSA) is 64.4 Å². The fourth-order valence-electron chi connectivity index (χ4n) is 2.89. The van der Waals surface area contributed by atoms with Gasteiger partial charge in [-0.05, 0) is 24.6 Å². The van der Waals surface area contributed by atoms with Crippen LogP contribution in [-0.4, -0.2) is 40.8 Å². The largest absolute Gasteiger partial charge is 0.489 e. The molecule has 0 saturated carbocycles. The first-order valence-corrected chi connectivity index (χ1v) is 9.15. The Kier molecular flexibility index (Phi) is 6.03. The van der Waals surface area contributed by atoms with Crippen molar-refractivity contribution in [1.29, 1.82) is 0 Å². The number of ether oxygens (including phenoxy) is 1. The number of hydrogen-bond donors (Lipinski definition) is 0. The highest BCUT2D eigenvalue weighted by Crippen LogP contribution is 2.17. The molecule has 0 N–H and O–H groups in total. The van der Waals surface area contributed by atoms with Crippen LogP contribution >= 0.6 is 0 Å². The van der Waals surface area contributed by atoms with Gasteiger partial charge in [0.25, 0.3) is 11.5 Å². The van der Waals surface area contributed by atoms with E-state index in [-0.39, 0.29) is 36.1 Å². The molecule has 146 valence electrons. The Bertz CT molecular complexity index is 1050. The summed E-state index contributed by atoms with van der Waals surface area (Å²) in [6, 6.07) is 13.1. The summed E-state index contributed by atoms with van der Waals surface area (Å²) < 4.78 is 20.4. The molecular formula is C21H22FN3O3. The summed E-state index contributed by atoms with van der Waals surface area (Å²) in [7, 11) is 1.62. The van der Waals surface area contributed by atoms with E-state index in [9.17, 15) is 14.0 Å². The molecule has 0 aliphatic rings. The third kappa shape index (κ3) is 4.03. The maximum atomic E-state index is 13.6. The second-order valence-electron chi connectivity index (χ2n) is 6.43. The third-order valence-electron chi connectivity index (χ3n) is 4.37. The van der Waals surface area contributed by atoms with Gasteiger partial charge in [0.05, 0.1) is 11.9 Å². The van der Waals surface area contributed by atoms with E-state index in [4.69, 9.17) is 4.74 Å². The van der Waals surface area contributed by atoms with E-state index in [1.807, 2.05) is 6.92 Å². The van der Waals surface area contributed by atoms with Crippen LogP contribution in [0.3, 0.4) is 0 Å². The molecule has 1 heterocycles. The average molecular weight is 383 g/mol. The van der Waals surface area contributed by atoms with Gasteiger partial charge in [-0.15, -0.1) is 0 Å². The zero-order chi connectivity index (χ0) is 20.1. The van der Waals surface area contributed by atoms with Crippen molar-refractivity contribution in [3.63, 3.8) is 0 Å². The number of rotatable bonds is 7. The molecule has 6 nitrogen and oxygen atoms in total. The monoisotopic (exact) mass is 383 g/mol. The molecule has 1 amide bonds. The van der Waals surface area contributed by atoms with E-state index in [1.165, 1.54) is 21.7 Å². The molecule has 3 rings (SSSR count). The van der Waals surface area contributed by atoms with Gasteiger partial charge in [0.2, 0.25) is 0 Å². The van der Waals surface area contributed by atoms with Crippen molar-refractivity contribution < 1.29 is 13.9 Å². The average Bonchev–Trinajstić information content (AvgIpc) is 2.71. The van der Waals surface area contributed by atoms with Crippen LogP contribution in [0.2, 0.25) is 0 Å². The maximum absolute atomic E-state index is 13.6. The fourth-order valence-corrected chi connectivity index (χ4v) is 2.89. The van der Waals surface area contributed by atoms with Gasteiger partial charge in [-0.2, -0.15) is 5.10 Å². The van der Waals surface area contributed by atoms with Gasteiger partial charge in [0.15, 0.2) is 17.3 Å². The number of benzene rings is 2. The van der Waals surface area contributed by atoms with Crippen LogP contribution in [0.25, 0.3) is 10.8 Å². The van der Waals surface area contributed by atoms with E-state index < -0.39 is 5.82 Å². The minimum Gasteiger partial charge on any atom is -0.489 e. The fraction of sp³-hybridized carbons (Fsp3) is 0.286. The predicted molar refractivity (Wildman–Crippen MR) is 105 cm³/mol. The molecule has 7 heteroatoms. The van der Waals surface area contributed by atoms with Crippen LogP contribution in [0.4, 0.5) is 4.39 Å². The predicted octanol–water partition coefficient (Wildman–Crippen LogP) is 3.10. The number of aromatic nitrogens is 2. The number of para-hydroxylation sites is 1. The molecule has 0 bridgehead atoms. The molecule has 3 aromatic rings. The Morgan fingerprint density at radius 2 is 1.82 bits per heavy atom. The van der Waals surface area contributed by atoms with Crippen molar-refractivity contribution in [2.45, 2.75) is 19.9 Å². The zero-order valence-corrected chi connectivity index (χ0v) is 15.9. The van der Waals surface area contributed by atoms with Crippen LogP contribution < -0.4 is 10.3 Å². The Labute approximate surface area is 162 Å². The van der Waals surface area contributed by atoms with Crippen LogP contribution in [0.1, 0.15) is 23.8 Å². The highest BCUT2D eigenvalue weighted by molar-refractivity contribution is 6.04. The number of likely N-dealkylation sites (N-methyl/N-ethyl adjacent to an activating group) is 1. The number of halogens is 1. The SMILES string of the molecule is CCCn1nc(C(=O)N(C)CCOc2ccccc2F)c2ccccc2c1=O. The van der Waals surface area contributed by atoms with Crippen LogP contribution in [0.15, 0.2) is 53.3 Å². The summed E-state index contributed by atoms with van der Waals surface area (Å²) in [6.45, 7) is 2.76. The summed E-state index contributed by atoms with van der Waals surface area (Å²) in [4.78, 5) is 27.0. The van der Waals surface area contributed by atoms with Gasteiger partial charge in [-0.25, -0.2) is 9.07 Å². The molecule has 0 atom stereocenters. The molecule has 28 heavy (non-hydrogen) atoms. The first kappa shape index (κ1) is 19.5. The summed E-state index contributed by atoms with van der Waals surface area (Å²) >= 11 is 0. The Morgan fingerprint density at radius 3 is 2.54 bits per heavy atom. The number of hydrogen-bond acceptors (Lipinski definition) is 4. The smallest absolute Gasteiger partial charge is 0.274 e. The van der Waals surface area contributed by atoms with Gasteiger partial charge in [-0.1, -0.05) is 37.3 Å². The highest BCUT2D eigenvalue weighted by atomic mass is 19.1. The molecule has 0 unspecified atom stereocenters. The van der Waals surface area contributed by atoms with Crippen LogP contribution in [-0.2, 0) is 6.54 Å². The van der Waals surface area contributed by atoms with Crippen molar-refractivity contribution in [2.24, 2.45) is 0 Å². The molecule has 2 aromatic carbocycles. The lowest BCUT2D eigenvalue weighted by Crippen LogP contribution is -2.34. The van der Waals surface area contributed by atoms with Crippen molar-refractivity contribution in [2.75, 3.05) is 20.2 Å². The maximum Gasteiger partial charge on any atom is 0.274 e. The van der Waals surface area contributed by atoms with Crippen LogP contribution in [0.5, 0.6) is 5.75 Å². The number of fused-ring (bicyclic) bond motifs is 1. The zero-order valence-electron chi connectivity index (χ0n) is 15.9.